The Kier molecular flexibility index (Phi) is 5.65. The first kappa shape index (κ1) is 20.7. The SMILES string of the molecule is CNc1cc(Nc2cccc([C@@H]3CCCCO3)n2)nc2c(C(=O)N[C@@H]3CC[C@@H]3C)cnn12. The molecule has 0 spiro atoms. The lowest BCUT2D eigenvalue weighted by Gasteiger charge is -2.34. The Labute approximate surface area is 187 Å². The normalized spacial score (nSPS) is 22.9. The number of anilines is 3. The third kappa shape index (κ3) is 4.00. The Morgan fingerprint density at radius 2 is 2.06 bits per heavy atom. The van der Waals surface area contributed by atoms with Gasteiger partial charge in [0, 0.05) is 25.8 Å². The Morgan fingerprint density at radius 1 is 1.16 bits per heavy atom. The van der Waals surface area contributed by atoms with Crippen LogP contribution < -0.4 is 16.0 Å². The van der Waals surface area contributed by atoms with Gasteiger partial charge in [0.25, 0.3) is 5.91 Å². The first-order valence-corrected chi connectivity index (χ1v) is 11.4. The first-order valence-electron chi connectivity index (χ1n) is 11.4. The van der Waals surface area contributed by atoms with Crippen molar-refractivity contribution in [3.8, 4) is 0 Å². The van der Waals surface area contributed by atoms with Crippen molar-refractivity contribution in [3.63, 3.8) is 0 Å². The van der Waals surface area contributed by atoms with E-state index in [0.29, 0.717) is 28.8 Å². The fourth-order valence-electron chi connectivity index (χ4n) is 4.30. The zero-order valence-corrected chi connectivity index (χ0v) is 18.5. The molecule has 32 heavy (non-hydrogen) atoms. The Bertz CT molecular complexity index is 1120. The monoisotopic (exact) mass is 435 g/mol. The highest BCUT2D eigenvalue weighted by atomic mass is 16.5. The van der Waals surface area contributed by atoms with E-state index in [1.165, 1.54) is 0 Å². The number of rotatable bonds is 6. The number of fused-ring (bicyclic) bond motifs is 1. The van der Waals surface area contributed by atoms with Gasteiger partial charge in [-0.3, -0.25) is 4.79 Å². The van der Waals surface area contributed by atoms with E-state index in [1.807, 2.05) is 31.3 Å². The van der Waals surface area contributed by atoms with E-state index in [0.717, 1.165) is 50.2 Å². The van der Waals surface area contributed by atoms with Crippen LogP contribution in [-0.2, 0) is 4.74 Å². The Balaban J connectivity index is 1.42. The van der Waals surface area contributed by atoms with Gasteiger partial charge in [-0.2, -0.15) is 9.61 Å². The molecule has 1 aliphatic carbocycles. The summed E-state index contributed by atoms with van der Waals surface area (Å²) in [5.41, 5.74) is 1.88. The van der Waals surface area contributed by atoms with Crippen LogP contribution in [0.2, 0.25) is 0 Å². The molecule has 4 heterocycles. The van der Waals surface area contributed by atoms with Gasteiger partial charge in [-0.25, -0.2) is 9.97 Å². The Hall–Kier alpha value is -3.20. The third-order valence-corrected chi connectivity index (χ3v) is 6.45. The van der Waals surface area contributed by atoms with Crippen LogP contribution in [0.4, 0.5) is 17.5 Å². The van der Waals surface area contributed by atoms with Crippen molar-refractivity contribution >= 4 is 29.0 Å². The summed E-state index contributed by atoms with van der Waals surface area (Å²) in [6.45, 7) is 2.93. The molecule has 0 radical (unpaired) electrons. The lowest BCUT2D eigenvalue weighted by Crippen LogP contribution is -2.45. The van der Waals surface area contributed by atoms with Gasteiger partial charge in [0.2, 0.25) is 0 Å². The maximum atomic E-state index is 12.9. The average molecular weight is 436 g/mol. The van der Waals surface area contributed by atoms with Gasteiger partial charge >= 0.3 is 0 Å². The molecule has 0 bridgehead atoms. The van der Waals surface area contributed by atoms with E-state index in [1.54, 1.807) is 10.7 Å². The molecule has 3 aromatic heterocycles. The molecule has 1 saturated carbocycles. The van der Waals surface area contributed by atoms with E-state index in [9.17, 15) is 4.79 Å². The molecular weight excluding hydrogens is 406 g/mol. The van der Waals surface area contributed by atoms with Crippen LogP contribution in [0.3, 0.4) is 0 Å². The molecule has 1 aliphatic heterocycles. The number of hydrogen-bond donors (Lipinski definition) is 3. The molecule has 3 N–H and O–H groups in total. The lowest BCUT2D eigenvalue weighted by molar-refractivity contribution is 0.0124. The first-order chi connectivity index (χ1) is 15.6. The molecule has 3 atom stereocenters. The molecule has 0 aromatic carbocycles. The minimum Gasteiger partial charge on any atom is -0.373 e. The van der Waals surface area contributed by atoms with E-state index in [2.05, 4.69) is 33.0 Å². The highest BCUT2D eigenvalue weighted by Gasteiger charge is 2.29. The molecule has 3 aromatic rings. The number of hydrogen-bond acceptors (Lipinski definition) is 7. The van der Waals surface area contributed by atoms with Gasteiger partial charge in [-0.1, -0.05) is 13.0 Å². The quantitative estimate of drug-likeness (QED) is 0.542. The van der Waals surface area contributed by atoms with Crippen molar-refractivity contribution in [2.24, 2.45) is 5.92 Å². The third-order valence-electron chi connectivity index (χ3n) is 6.45. The number of carbonyl (C=O) groups is 1. The van der Waals surface area contributed by atoms with E-state index >= 15 is 0 Å². The second kappa shape index (κ2) is 8.74. The number of nitrogens with one attached hydrogen (secondary N) is 3. The molecule has 168 valence electrons. The summed E-state index contributed by atoms with van der Waals surface area (Å²) in [6, 6.07) is 7.94. The zero-order valence-electron chi connectivity index (χ0n) is 18.5. The number of nitrogens with zero attached hydrogens (tertiary/aromatic N) is 4. The summed E-state index contributed by atoms with van der Waals surface area (Å²) < 4.78 is 7.52. The summed E-state index contributed by atoms with van der Waals surface area (Å²) in [5.74, 6) is 2.36. The van der Waals surface area contributed by atoms with Crippen LogP contribution in [-0.4, -0.2) is 45.2 Å². The maximum absolute atomic E-state index is 12.9. The number of carbonyl (C=O) groups excluding carboxylic acids is 1. The van der Waals surface area contributed by atoms with Gasteiger partial charge < -0.3 is 20.7 Å². The zero-order chi connectivity index (χ0) is 22.1. The lowest BCUT2D eigenvalue weighted by atomic mass is 9.81. The molecular formula is C23H29N7O2. The van der Waals surface area contributed by atoms with Crippen LogP contribution in [0.25, 0.3) is 5.65 Å². The van der Waals surface area contributed by atoms with Crippen LogP contribution >= 0.6 is 0 Å². The van der Waals surface area contributed by atoms with Crippen molar-refractivity contribution in [3.05, 3.63) is 41.7 Å². The van der Waals surface area contributed by atoms with Gasteiger partial charge in [0.1, 0.15) is 23.0 Å². The molecule has 1 amide bonds. The number of pyridine rings is 1. The van der Waals surface area contributed by atoms with Crippen LogP contribution in [0.15, 0.2) is 30.5 Å². The summed E-state index contributed by atoms with van der Waals surface area (Å²) in [6.07, 6.45) is 7.01. The van der Waals surface area contributed by atoms with Crippen molar-refractivity contribution in [2.75, 3.05) is 24.3 Å². The molecule has 1 saturated heterocycles. The van der Waals surface area contributed by atoms with E-state index in [-0.39, 0.29) is 18.1 Å². The van der Waals surface area contributed by atoms with Crippen molar-refractivity contribution < 1.29 is 9.53 Å². The fourth-order valence-corrected chi connectivity index (χ4v) is 4.30. The van der Waals surface area contributed by atoms with E-state index in [4.69, 9.17) is 9.72 Å². The van der Waals surface area contributed by atoms with Gasteiger partial charge in [-0.05, 0) is 50.2 Å². The second-order valence-corrected chi connectivity index (χ2v) is 8.63. The molecule has 0 unspecified atom stereocenters. The summed E-state index contributed by atoms with van der Waals surface area (Å²) in [7, 11) is 1.81. The topological polar surface area (TPSA) is 105 Å². The van der Waals surface area contributed by atoms with Crippen molar-refractivity contribution in [2.45, 2.75) is 51.2 Å². The fraction of sp³-hybridized carbons (Fsp3) is 0.478. The minimum atomic E-state index is -0.141. The summed E-state index contributed by atoms with van der Waals surface area (Å²) in [5, 5.41) is 13.9. The predicted molar refractivity (Wildman–Crippen MR) is 122 cm³/mol. The molecule has 5 rings (SSSR count). The smallest absolute Gasteiger partial charge is 0.256 e. The standard InChI is InChI=1S/C23H29N7O2/c1-14-9-10-16(14)27-23(31)15-13-25-30-21(24-2)12-20(29-22(15)30)28-19-8-5-6-17(26-19)18-7-3-4-11-32-18/h5-6,8,12-14,16,18,24H,3-4,7,9-11H2,1-2H3,(H,27,31)(H,26,28,29)/t14-,16+,18-/m0/s1. The van der Waals surface area contributed by atoms with Crippen LogP contribution in [0, 0.1) is 5.92 Å². The van der Waals surface area contributed by atoms with Gasteiger partial charge in [0.15, 0.2) is 5.65 Å². The van der Waals surface area contributed by atoms with Crippen molar-refractivity contribution in [1.82, 2.24) is 24.9 Å². The van der Waals surface area contributed by atoms with Gasteiger partial charge in [0.05, 0.1) is 18.0 Å². The second-order valence-electron chi connectivity index (χ2n) is 8.63. The minimum absolute atomic E-state index is 0.0350. The highest BCUT2D eigenvalue weighted by Crippen LogP contribution is 2.29. The number of amides is 1. The van der Waals surface area contributed by atoms with Crippen molar-refractivity contribution in [1.29, 1.82) is 0 Å². The predicted octanol–water partition coefficient (Wildman–Crippen LogP) is 3.68. The molecule has 2 fully saturated rings. The largest absolute Gasteiger partial charge is 0.373 e. The number of aromatic nitrogens is 4. The van der Waals surface area contributed by atoms with Gasteiger partial charge in [-0.15, -0.1) is 0 Å². The maximum Gasteiger partial charge on any atom is 0.256 e. The molecule has 2 aliphatic rings. The Morgan fingerprint density at radius 3 is 2.78 bits per heavy atom. The average Bonchev–Trinajstić information content (AvgIpc) is 3.26. The van der Waals surface area contributed by atoms with Crippen LogP contribution in [0.1, 0.15) is 61.2 Å². The molecule has 9 nitrogen and oxygen atoms in total. The number of ether oxygens (including phenoxy) is 1. The summed E-state index contributed by atoms with van der Waals surface area (Å²) >= 11 is 0. The highest BCUT2D eigenvalue weighted by molar-refractivity contribution is 6.00. The van der Waals surface area contributed by atoms with Crippen LogP contribution in [0.5, 0.6) is 0 Å². The molecule has 9 heteroatoms. The summed E-state index contributed by atoms with van der Waals surface area (Å²) in [4.78, 5) is 22.3. The van der Waals surface area contributed by atoms with E-state index < -0.39 is 0 Å².